The molecule has 2 aromatic rings. The molecule has 1 aromatic carbocycles. The number of nitrogens with zero attached hydrogens (tertiary/aromatic N) is 3. The third-order valence-corrected chi connectivity index (χ3v) is 3.20. The van der Waals surface area contributed by atoms with Gasteiger partial charge in [0.1, 0.15) is 5.82 Å². The van der Waals surface area contributed by atoms with E-state index in [1.807, 2.05) is 24.3 Å². The summed E-state index contributed by atoms with van der Waals surface area (Å²) in [4.78, 5) is 0. The van der Waals surface area contributed by atoms with E-state index in [0.29, 0.717) is 6.54 Å². The van der Waals surface area contributed by atoms with Crippen molar-refractivity contribution in [3.63, 3.8) is 0 Å². The van der Waals surface area contributed by atoms with Crippen LogP contribution in [0, 0.1) is 0 Å². The normalized spacial score (nSPS) is 13.7. The summed E-state index contributed by atoms with van der Waals surface area (Å²) < 4.78 is 2.19. The first-order valence-electron chi connectivity index (χ1n) is 5.73. The topological polar surface area (TPSA) is 42.7 Å². The highest BCUT2D eigenvalue weighted by molar-refractivity contribution is 6.30. The monoisotopic (exact) mass is 248 g/mol. The van der Waals surface area contributed by atoms with Crippen LogP contribution in [0.2, 0.25) is 5.02 Å². The number of halogens is 1. The molecule has 5 heteroatoms. The van der Waals surface area contributed by atoms with Crippen molar-refractivity contribution < 1.29 is 0 Å². The third-order valence-electron chi connectivity index (χ3n) is 2.96. The lowest BCUT2D eigenvalue weighted by Crippen LogP contribution is -2.07. The van der Waals surface area contributed by atoms with Gasteiger partial charge < -0.3 is 9.88 Å². The highest BCUT2D eigenvalue weighted by atomic mass is 35.5. The van der Waals surface area contributed by atoms with Gasteiger partial charge in [0.15, 0.2) is 5.82 Å². The van der Waals surface area contributed by atoms with E-state index in [1.165, 1.54) is 6.42 Å². The number of rotatable bonds is 3. The van der Waals surface area contributed by atoms with Gasteiger partial charge >= 0.3 is 0 Å². The van der Waals surface area contributed by atoms with Crippen LogP contribution >= 0.6 is 11.6 Å². The van der Waals surface area contributed by atoms with E-state index in [9.17, 15) is 0 Å². The Labute approximate surface area is 105 Å². The summed E-state index contributed by atoms with van der Waals surface area (Å²) in [6.45, 7) is 1.72. The van der Waals surface area contributed by atoms with Crippen molar-refractivity contribution in [3.8, 4) is 0 Å². The Morgan fingerprint density at radius 1 is 1.35 bits per heavy atom. The number of aryl methyl sites for hydroxylation is 1. The molecule has 2 heterocycles. The number of fused-ring (bicyclic) bond motifs is 1. The number of aromatic nitrogens is 3. The summed E-state index contributed by atoms with van der Waals surface area (Å²) in [5, 5.41) is 12.4. The maximum atomic E-state index is 5.93. The van der Waals surface area contributed by atoms with E-state index in [-0.39, 0.29) is 0 Å². The quantitative estimate of drug-likeness (QED) is 0.908. The number of hydrogen-bond acceptors (Lipinski definition) is 3. The van der Waals surface area contributed by atoms with Gasteiger partial charge in [-0.15, -0.1) is 10.2 Å². The molecule has 3 rings (SSSR count). The van der Waals surface area contributed by atoms with Crippen LogP contribution in [0.25, 0.3) is 0 Å². The molecule has 17 heavy (non-hydrogen) atoms. The zero-order chi connectivity index (χ0) is 11.7. The Morgan fingerprint density at radius 2 is 2.29 bits per heavy atom. The number of benzene rings is 1. The molecule has 0 saturated carbocycles. The zero-order valence-corrected chi connectivity index (χ0v) is 10.1. The van der Waals surface area contributed by atoms with E-state index in [1.54, 1.807) is 0 Å². The lowest BCUT2D eigenvalue weighted by atomic mass is 10.3. The molecular weight excluding hydrogens is 236 g/mol. The summed E-state index contributed by atoms with van der Waals surface area (Å²) in [5.74, 6) is 2.10. The average molecular weight is 249 g/mol. The van der Waals surface area contributed by atoms with Gasteiger partial charge in [0.25, 0.3) is 0 Å². The van der Waals surface area contributed by atoms with Gasteiger partial charge in [-0.3, -0.25) is 0 Å². The lowest BCUT2D eigenvalue weighted by molar-refractivity contribution is 0.696. The fraction of sp³-hybridized carbons (Fsp3) is 0.333. The van der Waals surface area contributed by atoms with E-state index in [4.69, 9.17) is 11.6 Å². The van der Waals surface area contributed by atoms with Crippen molar-refractivity contribution in [2.24, 2.45) is 0 Å². The van der Waals surface area contributed by atoms with E-state index in [0.717, 1.165) is 35.3 Å². The SMILES string of the molecule is Clc1cccc(NCc2nnc3n2CCC3)c1. The summed E-state index contributed by atoms with van der Waals surface area (Å²) in [7, 11) is 0. The minimum absolute atomic E-state index is 0.688. The second kappa shape index (κ2) is 4.37. The smallest absolute Gasteiger partial charge is 0.152 e. The van der Waals surface area contributed by atoms with Crippen LogP contribution in [-0.2, 0) is 19.5 Å². The maximum Gasteiger partial charge on any atom is 0.152 e. The molecule has 0 bridgehead atoms. The van der Waals surface area contributed by atoms with Crippen LogP contribution in [0.1, 0.15) is 18.1 Å². The minimum atomic E-state index is 0.688. The largest absolute Gasteiger partial charge is 0.378 e. The summed E-state index contributed by atoms with van der Waals surface area (Å²) in [6.07, 6.45) is 2.22. The Hall–Kier alpha value is -1.55. The average Bonchev–Trinajstić information content (AvgIpc) is 2.89. The molecule has 0 amide bonds. The molecule has 1 N–H and O–H groups in total. The van der Waals surface area contributed by atoms with Crippen molar-refractivity contribution in [2.75, 3.05) is 5.32 Å². The predicted molar refractivity (Wildman–Crippen MR) is 67.1 cm³/mol. The lowest BCUT2D eigenvalue weighted by Gasteiger charge is -2.06. The van der Waals surface area contributed by atoms with Gasteiger partial charge in [-0.1, -0.05) is 17.7 Å². The van der Waals surface area contributed by atoms with E-state index < -0.39 is 0 Å². The molecule has 0 aliphatic carbocycles. The maximum absolute atomic E-state index is 5.93. The Balaban J connectivity index is 1.72. The second-order valence-electron chi connectivity index (χ2n) is 4.15. The summed E-state index contributed by atoms with van der Waals surface area (Å²) in [6, 6.07) is 7.69. The van der Waals surface area contributed by atoms with Crippen LogP contribution < -0.4 is 5.32 Å². The fourth-order valence-corrected chi connectivity index (χ4v) is 2.31. The highest BCUT2D eigenvalue weighted by Crippen LogP contribution is 2.17. The molecule has 0 saturated heterocycles. The Morgan fingerprint density at radius 3 is 3.18 bits per heavy atom. The summed E-state index contributed by atoms with van der Waals surface area (Å²) >= 11 is 5.93. The third kappa shape index (κ3) is 2.13. The molecule has 0 radical (unpaired) electrons. The number of nitrogens with one attached hydrogen (secondary N) is 1. The van der Waals surface area contributed by atoms with Crippen LogP contribution in [0.15, 0.2) is 24.3 Å². The first-order chi connectivity index (χ1) is 8.33. The van der Waals surface area contributed by atoms with Crippen LogP contribution in [0.4, 0.5) is 5.69 Å². The van der Waals surface area contributed by atoms with Crippen LogP contribution in [0.3, 0.4) is 0 Å². The van der Waals surface area contributed by atoms with E-state index in [2.05, 4.69) is 20.1 Å². The van der Waals surface area contributed by atoms with Crippen molar-refractivity contribution in [1.29, 1.82) is 0 Å². The van der Waals surface area contributed by atoms with Gasteiger partial charge in [-0.25, -0.2) is 0 Å². The van der Waals surface area contributed by atoms with Gasteiger partial charge in [0.2, 0.25) is 0 Å². The van der Waals surface area contributed by atoms with Gasteiger partial charge in [0, 0.05) is 23.7 Å². The second-order valence-corrected chi connectivity index (χ2v) is 4.59. The van der Waals surface area contributed by atoms with Gasteiger partial charge in [0.05, 0.1) is 6.54 Å². The molecule has 1 aromatic heterocycles. The van der Waals surface area contributed by atoms with Gasteiger partial charge in [-0.05, 0) is 24.6 Å². The number of anilines is 1. The molecule has 88 valence electrons. The molecule has 0 unspecified atom stereocenters. The van der Waals surface area contributed by atoms with Crippen molar-refractivity contribution >= 4 is 17.3 Å². The van der Waals surface area contributed by atoms with E-state index >= 15 is 0 Å². The molecule has 0 atom stereocenters. The van der Waals surface area contributed by atoms with Crippen LogP contribution in [0.5, 0.6) is 0 Å². The first-order valence-corrected chi connectivity index (χ1v) is 6.11. The Bertz CT molecular complexity index is 535. The number of hydrogen-bond donors (Lipinski definition) is 1. The minimum Gasteiger partial charge on any atom is -0.378 e. The van der Waals surface area contributed by atoms with Crippen LogP contribution in [-0.4, -0.2) is 14.8 Å². The van der Waals surface area contributed by atoms with Crippen molar-refractivity contribution in [3.05, 3.63) is 40.9 Å². The molecule has 0 fully saturated rings. The van der Waals surface area contributed by atoms with Gasteiger partial charge in [-0.2, -0.15) is 0 Å². The fourth-order valence-electron chi connectivity index (χ4n) is 2.12. The molecule has 0 spiro atoms. The standard InChI is InChI=1S/C12H13ClN4/c13-9-3-1-4-10(7-9)14-8-12-16-15-11-5-2-6-17(11)12/h1,3-4,7,14H,2,5-6,8H2. The molecule has 4 nitrogen and oxygen atoms in total. The van der Waals surface area contributed by atoms with Crippen molar-refractivity contribution in [2.45, 2.75) is 25.9 Å². The van der Waals surface area contributed by atoms with Crippen molar-refractivity contribution in [1.82, 2.24) is 14.8 Å². The predicted octanol–water partition coefficient (Wildman–Crippen LogP) is 2.49. The molecule has 1 aliphatic rings. The zero-order valence-electron chi connectivity index (χ0n) is 9.36. The summed E-state index contributed by atoms with van der Waals surface area (Å²) in [5.41, 5.74) is 1.01. The first kappa shape index (κ1) is 10.6. The Kier molecular flexibility index (Phi) is 2.73. The molecular formula is C12H13ClN4. The molecule has 1 aliphatic heterocycles. The highest BCUT2D eigenvalue weighted by Gasteiger charge is 2.16.